The second-order valence-electron chi connectivity index (χ2n) is 7.33. The molecule has 0 aromatic heterocycles. The minimum absolute atomic E-state index is 0. The zero-order valence-corrected chi connectivity index (χ0v) is 18.6. The fraction of sp³-hybridized carbons (Fsp3) is 0.824. The highest BCUT2D eigenvalue weighted by molar-refractivity contribution is 14.0. The van der Waals surface area contributed by atoms with Crippen molar-refractivity contribution >= 4 is 41.8 Å². The van der Waals surface area contributed by atoms with Crippen LogP contribution < -0.4 is 16.0 Å². The molecule has 0 saturated heterocycles. The smallest absolute Gasteiger partial charge is 0.227 e. The van der Waals surface area contributed by atoms with Crippen LogP contribution in [0.15, 0.2) is 4.99 Å². The van der Waals surface area contributed by atoms with Crippen molar-refractivity contribution in [2.24, 2.45) is 16.3 Å². The molecule has 0 bridgehead atoms. The molecule has 0 aromatic rings. The minimum Gasteiger partial charge on any atom is -0.359 e. The largest absolute Gasteiger partial charge is 0.359 e. The number of hydrogen-bond acceptors (Lipinski definition) is 3. The van der Waals surface area contributed by atoms with Crippen LogP contribution in [-0.4, -0.2) is 63.5 Å². The van der Waals surface area contributed by atoms with Crippen LogP contribution in [0.25, 0.3) is 0 Å². The highest BCUT2D eigenvalue weighted by atomic mass is 127. The summed E-state index contributed by atoms with van der Waals surface area (Å²) in [7, 11) is 6.97. The van der Waals surface area contributed by atoms with Gasteiger partial charge in [-0.2, -0.15) is 0 Å². The Labute approximate surface area is 168 Å². The molecule has 146 valence electrons. The van der Waals surface area contributed by atoms with Gasteiger partial charge in [-0.15, -0.1) is 24.0 Å². The highest BCUT2D eigenvalue weighted by Crippen LogP contribution is 2.25. The number of halogens is 1. The van der Waals surface area contributed by atoms with Gasteiger partial charge in [0.1, 0.15) is 0 Å². The Morgan fingerprint density at radius 2 is 1.88 bits per heavy atom. The maximum Gasteiger partial charge on any atom is 0.227 e. The molecule has 7 nitrogen and oxygen atoms in total. The minimum atomic E-state index is -0.525. The third kappa shape index (κ3) is 7.37. The SMILES string of the molecule is CN=C(NCC(C)(C)C(=O)NC)NC1CCCC(C(=O)N(C)C)C1.I. The average Bonchev–Trinajstić information content (AvgIpc) is 2.57. The molecule has 2 unspecified atom stereocenters. The van der Waals surface area contributed by atoms with Gasteiger partial charge in [0.2, 0.25) is 11.8 Å². The van der Waals surface area contributed by atoms with Gasteiger partial charge in [0.15, 0.2) is 5.96 Å². The summed E-state index contributed by atoms with van der Waals surface area (Å²) in [5.74, 6) is 0.937. The van der Waals surface area contributed by atoms with Gasteiger partial charge in [-0.3, -0.25) is 14.6 Å². The number of guanidine groups is 1. The van der Waals surface area contributed by atoms with E-state index in [1.165, 1.54) is 0 Å². The van der Waals surface area contributed by atoms with Crippen molar-refractivity contribution < 1.29 is 9.59 Å². The Morgan fingerprint density at radius 3 is 2.40 bits per heavy atom. The van der Waals surface area contributed by atoms with E-state index in [1.54, 1.807) is 33.1 Å². The molecule has 25 heavy (non-hydrogen) atoms. The first-order valence-corrected chi connectivity index (χ1v) is 8.61. The number of nitrogens with one attached hydrogen (secondary N) is 3. The van der Waals surface area contributed by atoms with E-state index in [0.717, 1.165) is 25.7 Å². The molecule has 0 heterocycles. The fourth-order valence-electron chi connectivity index (χ4n) is 3.02. The van der Waals surface area contributed by atoms with Crippen molar-refractivity contribution in [1.29, 1.82) is 0 Å². The van der Waals surface area contributed by atoms with Crippen molar-refractivity contribution in [3.05, 3.63) is 0 Å². The molecule has 2 amide bonds. The molecule has 2 atom stereocenters. The quantitative estimate of drug-likeness (QED) is 0.322. The van der Waals surface area contributed by atoms with Gasteiger partial charge in [-0.1, -0.05) is 6.42 Å². The molecule has 1 aliphatic carbocycles. The van der Waals surface area contributed by atoms with E-state index in [9.17, 15) is 9.59 Å². The summed E-state index contributed by atoms with van der Waals surface area (Å²) < 4.78 is 0. The van der Waals surface area contributed by atoms with Gasteiger partial charge in [-0.25, -0.2) is 0 Å². The fourth-order valence-corrected chi connectivity index (χ4v) is 3.02. The summed E-state index contributed by atoms with van der Waals surface area (Å²) in [5.41, 5.74) is -0.525. The van der Waals surface area contributed by atoms with Crippen molar-refractivity contribution in [2.45, 2.75) is 45.6 Å². The lowest BCUT2D eigenvalue weighted by Crippen LogP contribution is -2.50. The Bertz CT molecular complexity index is 480. The van der Waals surface area contributed by atoms with Crippen molar-refractivity contribution in [3.8, 4) is 0 Å². The Kier molecular flexibility index (Phi) is 10.4. The lowest BCUT2D eigenvalue weighted by molar-refractivity contribution is -0.134. The maximum atomic E-state index is 12.2. The van der Waals surface area contributed by atoms with Crippen LogP contribution in [-0.2, 0) is 9.59 Å². The topological polar surface area (TPSA) is 85.8 Å². The molecule has 1 fully saturated rings. The van der Waals surface area contributed by atoms with E-state index in [4.69, 9.17) is 0 Å². The first kappa shape index (κ1) is 23.9. The standard InChI is InChI=1S/C17H33N5O2.HI/c1-17(2,15(24)18-3)11-20-16(19-4)21-13-9-7-8-12(10-13)14(23)22(5)6;/h12-13H,7-11H2,1-6H3,(H,18,24)(H2,19,20,21);1H. The van der Waals surface area contributed by atoms with Crippen LogP contribution in [0.2, 0.25) is 0 Å². The van der Waals surface area contributed by atoms with E-state index in [-0.39, 0.29) is 47.8 Å². The van der Waals surface area contributed by atoms with Gasteiger partial charge in [0, 0.05) is 46.7 Å². The lowest BCUT2D eigenvalue weighted by Gasteiger charge is -2.32. The van der Waals surface area contributed by atoms with Crippen LogP contribution >= 0.6 is 24.0 Å². The predicted octanol–water partition coefficient (Wildman–Crippen LogP) is 1.19. The van der Waals surface area contributed by atoms with Gasteiger partial charge < -0.3 is 20.9 Å². The van der Waals surface area contributed by atoms with Gasteiger partial charge in [0.05, 0.1) is 5.41 Å². The van der Waals surface area contributed by atoms with Crippen LogP contribution in [0.5, 0.6) is 0 Å². The lowest BCUT2D eigenvalue weighted by atomic mass is 9.85. The van der Waals surface area contributed by atoms with Crippen LogP contribution in [0.4, 0.5) is 0 Å². The summed E-state index contributed by atoms with van der Waals surface area (Å²) in [4.78, 5) is 29.9. The molecule has 0 aromatic carbocycles. The van der Waals surface area contributed by atoms with Crippen molar-refractivity contribution in [2.75, 3.05) is 34.7 Å². The molecule has 1 aliphatic rings. The monoisotopic (exact) mass is 467 g/mol. The normalized spacial score (nSPS) is 21.0. The third-order valence-electron chi connectivity index (χ3n) is 4.57. The Balaban J connectivity index is 0.00000576. The van der Waals surface area contributed by atoms with Crippen molar-refractivity contribution in [3.63, 3.8) is 0 Å². The highest BCUT2D eigenvalue weighted by Gasteiger charge is 2.30. The molecule has 0 radical (unpaired) electrons. The van der Waals surface area contributed by atoms with Crippen LogP contribution in [0.1, 0.15) is 39.5 Å². The maximum absolute atomic E-state index is 12.2. The van der Waals surface area contributed by atoms with E-state index >= 15 is 0 Å². The number of carbonyl (C=O) groups excluding carboxylic acids is 2. The Morgan fingerprint density at radius 1 is 1.24 bits per heavy atom. The average molecular weight is 467 g/mol. The van der Waals surface area contributed by atoms with Gasteiger partial charge >= 0.3 is 0 Å². The summed E-state index contributed by atoms with van der Waals surface area (Å²) >= 11 is 0. The molecule has 8 heteroatoms. The number of aliphatic imine (C=N–C) groups is 1. The summed E-state index contributed by atoms with van der Waals surface area (Å²) in [6.07, 6.45) is 3.82. The third-order valence-corrected chi connectivity index (χ3v) is 4.57. The number of rotatable bonds is 5. The second kappa shape index (κ2) is 10.8. The van der Waals surface area contributed by atoms with E-state index < -0.39 is 5.41 Å². The van der Waals surface area contributed by atoms with Crippen molar-refractivity contribution in [1.82, 2.24) is 20.9 Å². The molecule has 0 aliphatic heterocycles. The summed E-state index contributed by atoms with van der Waals surface area (Å²) in [5, 5.41) is 9.29. The summed E-state index contributed by atoms with van der Waals surface area (Å²) in [6, 6.07) is 0.224. The van der Waals surface area contributed by atoms with Gasteiger partial charge in [0.25, 0.3) is 0 Å². The van der Waals surface area contributed by atoms with Gasteiger partial charge in [-0.05, 0) is 33.1 Å². The zero-order chi connectivity index (χ0) is 18.3. The molecule has 1 saturated carbocycles. The Hall–Kier alpha value is -1.06. The van der Waals surface area contributed by atoms with E-state index in [1.807, 2.05) is 13.8 Å². The van der Waals surface area contributed by atoms with E-state index in [2.05, 4.69) is 20.9 Å². The van der Waals surface area contributed by atoms with Crippen LogP contribution in [0, 0.1) is 11.3 Å². The molecule has 3 N–H and O–H groups in total. The number of nitrogens with zero attached hydrogens (tertiary/aromatic N) is 2. The number of amides is 2. The zero-order valence-electron chi connectivity index (χ0n) is 16.3. The molecule has 1 rings (SSSR count). The number of carbonyl (C=O) groups is 2. The first-order chi connectivity index (χ1) is 11.2. The van der Waals surface area contributed by atoms with E-state index in [0.29, 0.717) is 12.5 Å². The molecule has 0 spiro atoms. The molecular weight excluding hydrogens is 433 g/mol. The second-order valence-corrected chi connectivity index (χ2v) is 7.33. The first-order valence-electron chi connectivity index (χ1n) is 8.61. The predicted molar refractivity (Wildman–Crippen MR) is 112 cm³/mol. The summed E-state index contributed by atoms with van der Waals surface area (Å²) in [6.45, 7) is 4.26. The number of hydrogen-bond donors (Lipinski definition) is 3. The molecular formula is C17H34IN5O2. The van der Waals surface area contributed by atoms with Crippen LogP contribution in [0.3, 0.4) is 0 Å².